The molecule has 6 nitrogen and oxygen atoms in total. The molecule has 94 valence electrons. The third kappa shape index (κ3) is 2.76. The standard InChI is InChI=1S/C11H17N3O3/c1-11(2,3)17-10(15)14-4-5-16-7-8-9(14)6-12-13-8/h6H,4-5,7H2,1-3H3,(H,12,13). The molecule has 1 aromatic rings. The zero-order valence-electron chi connectivity index (χ0n) is 10.3. The predicted molar refractivity (Wildman–Crippen MR) is 61.8 cm³/mol. The van der Waals surface area contributed by atoms with Gasteiger partial charge in [-0.05, 0) is 20.8 Å². The molecule has 2 rings (SSSR count). The van der Waals surface area contributed by atoms with Crippen LogP contribution in [0.2, 0.25) is 0 Å². The van der Waals surface area contributed by atoms with Crippen LogP contribution in [-0.4, -0.2) is 35.0 Å². The van der Waals surface area contributed by atoms with Crippen LogP contribution >= 0.6 is 0 Å². The van der Waals surface area contributed by atoms with Gasteiger partial charge in [0.1, 0.15) is 5.60 Å². The third-order valence-electron chi connectivity index (χ3n) is 2.31. The van der Waals surface area contributed by atoms with Crippen molar-refractivity contribution < 1.29 is 14.3 Å². The van der Waals surface area contributed by atoms with Crippen molar-refractivity contribution in [3.8, 4) is 0 Å². The van der Waals surface area contributed by atoms with Crippen molar-refractivity contribution in [3.63, 3.8) is 0 Å². The van der Waals surface area contributed by atoms with Gasteiger partial charge in [-0.1, -0.05) is 0 Å². The molecule has 1 N–H and O–H groups in total. The van der Waals surface area contributed by atoms with Gasteiger partial charge in [0, 0.05) is 0 Å². The Kier molecular flexibility index (Phi) is 3.06. The van der Waals surface area contributed by atoms with E-state index in [1.165, 1.54) is 0 Å². The summed E-state index contributed by atoms with van der Waals surface area (Å²) in [4.78, 5) is 13.6. The van der Waals surface area contributed by atoms with E-state index in [-0.39, 0.29) is 6.09 Å². The number of H-pyrrole nitrogens is 1. The Morgan fingerprint density at radius 1 is 1.59 bits per heavy atom. The number of nitrogens with zero attached hydrogens (tertiary/aromatic N) is 2. The topological polar surface area (TPSA) is 67.4 Å². The fourth-order valence-electron chi connectivity index (χ4n) is 1.60. The Labute approximate surface area is 99.9 Å². The maximum absolute atomic E-state index is 12.0. The minimum absolute atomic E-state index is 0.370. The van der Waals surface area contributed by atoms with E-state index in [4.69, 9.17) is 9.47 Å². The first-order valence-electron chi connectivity index (χ1n) is 5.58. The second kappa shape index (κ2) is 4.37. The molecule has 1 aliphatic rings. The molecule has 0 fully saturated rings. The molecule has 17 heavy (non-hydrogen) atoms. The number of carbonyl (C=O) groups excluding carboxylic acids is 1. The van der Waals surface area contributed by atoms with Crippen molar-refractivity contribution in [1.82, 2.24) is 10.2 Å². The zero-order chi connectivity index (χ0) is 12.5. The van der Waals surface area contributed by atoms with Crippen LogP contribution in [0, 0.1) is 0 Å². The second-order valence-electron chi connectivity index (χ2n) is 4.92. The Morgan fingerprint density at radius 3 is 3.06 bits per heavy atom. The smallest absolute Gasteiger partial charge is 0.414 e. The molecule has 0 bridgehead atoms. The van der Waals surface area contributed by atoms with Crippen molar-refractivity contribution in [2.24, 2.45) is 0 Å². The van der Waals surface area contributed by atoms with E-state index in [1.54, 1.807) is 11.1 Å². The summed E-state index contributed by atoms with van der Waals surface area (Å²) >= 11 is 0. The highest BCUT2D eigenvalue weighted by atomic mass is 16.6. The van der Waals surface area contributed by atoms with Crippen molar-refractivity contribution in [2.45, 2.75) is 33.0 Å². The second-order valence-corrected chi connectivity index (χ2v) is 4.92. The number of amides is 1. The highest BCUT2D eigenvalue weighted by molar-refractivity contribution is 5.88. The number of fused-ring (bicyclic) bond motifs is 1. The number of hydrogen-bond acceptors (Lipinski definition) is 4. The van der Waals surface area contributed by atoms with E-state index in [9.17, 15) is 4.79 Å². The minimum atomic E-state index is -0.506. The number of hydrogen-bond donors (Lipinski definition) is 1. The van der Waals surface area contributed by atoms with Gasteiger partial charge in [-0.15, -0.1) is 0 Å². The highest BCUT2D eigenvalue weighted by Crippen LogP contribution is 2.23. The molecule has 0 radical (unpaired) electrons. The molecule has 0 aliphatic carbocycles. The molecule has 1 aromatic heterocycles. The summed E-state index contributed by atoms with van der Waals surface area (Å²) in [7, 11) is 0. The van der Waals surface area contributed by atoms with E-state index in [2.05, 4.69) is 10.2 Å². The van der Waals surface area contributed by atoms with Crippen LogP contribution in [0.5, 0.6) is 0 Å². The van der Waals surface area contributed by atoms with E-state index >= 15 is 0 Å². The van der Waals surface area contributed by atoms with Crippen LogP contribution in [-0.2, 0) is 16.1 Å². The van der Waals surface area contributed by atoms with Gasteiger partial charge in [-0.25, -0.2) is 4.79 Å². The molecular weight excluding hydrogens is 222 g/mol. The lowest BCUT2D eigenvalue weighted by Crippen LogP contribution is -2.38. The number of nitrogens with one attached hydrogen (secondary N) is 1. The predicted octanol–water partition coefficient (Wildman–Crippen LogP) is 1.68. The Morgan fingerprint density at radius 2 is 2.35 bits per heavy atom. The molecular formula is C11H17N3O3. The average Bonchev–Trinajstić information content (AvgIpc) is 2.55. The maximum Gasteiger partial charge on any atom is 0.414 e. The van der Waals surface area contributed by atoms with E-state index in [0.717, 1.165) is 11.4 Å². The van der Waals surface area contributed by atoms with Gasteiger partial charge >= 0.3 is 6.09 Å². The monoisotopic (exact) mass is 239 g/mol. The van der Waals surface area contributed by atoms with Crippen molar-refractivity contribution in [2.75, 3.05) is 18.1 Å². The lowest BCUT2D eigenvalue weighted by atomic mass is 10.2. The van der Waals surface area contributed by atoms with E-state index in [0.29, 0.717) is 19.8 Å². The van der Waals surface area contributed by atoms with Crippen LogP contribution < -0.4 is 4.90 Å². The number of anilines is 1. The maximum atomic E-state index is 12.0. The van der Waals surface area contributed by atoms with Gasteiger partial charge in [0.15, 0.2) is 0 Å². The molecule has 0 saturated heterocycles. The lowest BCUT2D eigenvalue weighted by Gasteiger charge is -2.25. The van der Waals surface area contributed by atoms with E-state index in [1.807, 2.05) is 20.8 Å². The fourth-order valence-corrected chi connectivity index (χ4v) is 1.60. The number of carbonyl (C=O) groups is 1. The van der Waals surface area contributed by atoms with Crippen LogP contribution in [0.3, 0.4) is 0 Å². The Bertz CT molecular complexity index is 408. The Hall–Kier alpha value is -1.56. The minimum Gasteiger partial charge on any atom is -0.443 e. The van der Waals surface area contributed by atoms with Crippen LogP contribution in [0.4, 0.5) is 10.5 Å². The number of aromatic amines is 1. The van der Waals surface area contributed by atoms with Gasteiger partial charge in [-0.2, -0.15) is 5.10 Å². The first-order chi connectivity index (χ1) is 7.97. The van der Waals surface area contributed by atoms with Crippen LogP contribution in [0.15, 0.2) is 6.20 Å². The summed E-state index contributed by atoms with van der Waals surface area (Å²) in [5, 5.41) is 6.74. The van der Waals surface area contributed by atoms with Gasteiger partial charge in [0.25, 0.3) is 0 Å². The van der Waals surface area contributed by atoms with Gasteiger partial charge in [-0.3, -0.25) is 10.00 Å². The van der Waals surface area contributed by atoms with Crippen molar-refractivity contribution in [1.29, 1.82) is 0 Å². The zero-order valence-corrected chi connectivity index (χ0v) is 10.3. The number of rotatable bonds is 0. The van der Waals surface area contributed by atoms with Gasteiger partial charge in [0.05, 0.1) is 37.3 Å². The first-order valence-corrected chi connectivity index (χ1v) is 5.58. The van der Waals surface area contributed by atoms with Gasteiger partial charge in [0.2, 0.25) is 0 Å². The van der Waals surface area contributed by atoms with Crippen LogP contribution in [0.25, 0.3) is 0 Å². The molecule has 0 atom stereocenters. The normalized spacial score (nSPS) is 16.3. The molecule has 0 aromatic carbocycles. The lowest BCUT2D eigenvalue weighted by molar-refractivity contribution is 0.0566. The fraction of sp³-hybridized carbons (Fsp3) is 0.636. The molecule has 0 spiro atoms. The molecule has 0 saturated carbocycles. The van der Waals surface area contributed by atoms with Crippen molar-refractivity contribution >= 4 is 11.8 Å². The summed E-state index contributed by atoms with van der Waals surface area (Å²) in [6, 6.07) is 0. The molecule has 1 aliphatic heterocycles. The van der Waals surface area contributed by atoms with E-state index < -0.39 is 5.60 Å². The summed E-state index contributed by atoms with van der Waals surface area (Å²) < 4.78 is 10.7. The SMILES string of the molecule is CC(C)(C)OC(=O)N1CCOCc2[nH]ncc21. The number of ether oxygens (including phenoxy) is 2. The quantitative estimate of drug-likeness (QED) is 0.748. The largest absolute Gasteiger partial charge is 0.443 e. The molecule has 6 heteroatoms. The average molecular weight is 239 g/mol. The summed E-state index contributed by atoms with van der Waals surface area (Å²) in [5.41, 5.74) is 1.03. The highest BCUT2D eigenvalue weighted by Gasteiger charge is 2.27. The van der Waals surface area contributed by atoms with Gasteiger partial charge < -0.3 is 9.47 Å². The molecule has 1 amide bonds. The summed E-state index contributed by atoms with van der Waals surface area (Å²) in [6.07, 6.45) is 1.25. The van der Waals surface area contributed by atoms with Crippen LogP contribution in [0.1, 0.15) is 26.5 Å². The Balaban J connectivity index is 2.19. The number of aromatic nitrogens is 2. The molecule has 0 unspecified atom stereocenters. The first kappa shape index (κ1) is 11.9. The summed E-state index contributed by atoms with van der Waals surface area (Å²) in [5.74, 6) is 0. The summed E-state index contributed by atoms with van der Waals surface area (Å²) in [6.45, 7) is 6.93. The molecule has 2 heterocycles. The van der Waals surface area contributed by atoms with Crippen molar-refractivity contribution in [3.05, 3.63) is 11.9 Å². The third-order valence-corrected chi connectivity index (χ3v) is 2.31.